The van der Waals surface area contributed by atoms with E-state index >= 15 is 0 Å². The van der Waals surface area contributed by atoms with Crippen molar-refractivity contribution in [3.63, 3.8) is 0 Å². The van der Waals surface area contributed by atoms with Crippen molar-refractivity contribution in [2.75, 3.05) is 0 Å². The summed E-state index contributed by atoms with van der Waals surface area (Å²) >= 11 is 0. The first-order valence-corrected chi connectivity index (χ1v) is 8.48. The van der Waals surface area contributed by atoms with Gasteiger partial charge >= 0.3 is 0 Å². The number of carbonyl (C=O) groups is 1. The molecule has 0 spiro atoms. The predicted molar refractivity (Wildman–Crippen MR) is 91.9 cm³/mol. The van der Waals surface area contributed by atoms with Crippen LogP contribution in [0.1, 0.15) is 57.1 Å². The molecule has 1 aliphatic rings. The van der Waals surface area contributed by atoms with Crippen molar-refractivity contribution in [2.24, 2.45) is 17.6 Å². The van der Waals surface area contributed by atoms with Crippen molar-refractivity contribution >= 4 is 6.47 Å². The molecule has 3 N–H and O–H groups in total. The summed E-state index contributed by atoms with van der Waals surface area (Å²) in [5.41, 5.74) is 8.69. The van der Waals surface area contributed by atoms with Gasteiger partial charge in [0, 0.05) is 6.04 Å². The molecule has 0 bridgehead atoms. The van der Waals surface area contributed by atoms with E-state index in [2.05, 4.69) is 38.1 Å². The van der Waals surface area contributed by atoms with Gasteiger partial charge in [0.1, 0.15) is 0 Å². The standard InChI is InChI=1S/C18H29N.CH2O2/c1-14-5-3-4-6-18(14)12-11-16-7-9-17(10-8-16)13-15(2)19;2-1-3/h7-10,14-15,18H,3-6,11-13,19H2,1-2H3;1H,(H,2,3). The molecule has 0 saturated heterocycles. The lowest BCUT2D eigenvalue weighted by atomic mass is 9.77. The summed E-state index contributed by atoms with van der Waals surface area (Å²) in [6.07, 6.45) is 9.38. The highest BCUT2D eigenvalue weighted by Crippen LogP contribution is 2.32. The molecule has 3 atom stereocenters. The number of benzene rings is 1. The van der Waals surface area contributed by atoms with Crippen LogP contribution in [-0.4, -0.2) is 17.6 Å². The molecule has 1 fully saturated rings. The molecule has 2 rings (SSSR count). The zero-order valence-electron chi connectivity index (χ0n) is 14.0. The van der Waals surface area contributed by atoms with Gasteiger partial charge in [0.15, 0.2) is 0 Å². The minimum Gasteiger partial charge on any atom is -0.483 e. The zero-order valence-corrected chi connectivity index (χ0v) is 14.0. The van der Waals surface area contributed by atoms with Crippen LogP contribution in [0, 0.1) is 11.8 Å². The summed E-state index contributed by atoms with van der Waals surface area (Å²) in [5.74, 6) is 1.89. The average molecular weight is 305 g/mol. The summed E-state index contributed by atoms with van der Waals surface area (Å²) in [7, 11) is 0. The maximum Gasteiger partial charge on any atom is 0.290 e. The Morgan fingerprint density at radius 1 is 1.23 bits per heavy atom. The van der Waals surface area contributed by atoms with Crippen molar-refractivity contribution < 1.29 is 9.90 Å². The summed E-state index contributed by atoms with van der Waals surface area (Å²) in [5, 5.41) is 6.89. The molecule has 1 aromatic rings. The minimum atomic E-state index is -0.250. The first-order chi connectivity index (χ1) is 10.6. The van der Waals surface area contributed by atoms with E-state index in [0.717, 1.165) is 18.3 Å². The first-order valence-electron chi connectivity index (χ1n) is 8.48. The van der Waals surface area contributed by atoms with Crippen molar-refractivity contribution in [1.82, 2.24) is 0 Å². The van der Waals surface area contributed by atoms with Crippen molar-refractivity contribution in [3.05, 3.63) is 35.4 Å². The van der Waals surface area contributed by atoms with E-state index in [1.165, 1.54) is 49.7 Å². The van der Waals surface area contributed by atoms with E-state index in [-0.39, 0.29) is 12.5 Å². The number of hydrogen-bond acceptors (Lipinski definition) is 2. The third kappa shape index (κ3) is 7.08. The number of aryl methyl sites for hydroxylation is 1. The molecule has 0 aromatic heterocycles. The summed E-state index contributed by atoms with van der Waals surface area (Å²) in [6, 6.07) is 9.36. The highest BCUT2D eigenvalue weighted by atomic mass is 16.3. The molecule has 1 aliphatic carbocycles. The second kappa shape index (κ2) is 10.4. The van der Waals surface area contributed by atoms with E-state index < -0.39 is 0 Å². The molecule has 1 saturated carbocycles. The fourth-order valence-corrected chi connectivity index (χ4v) is 3.39. The molecule has 3 heteroatoms. The molecule has 22 heavy (non-hydrogen) atoms. The van der Waals surface area contributed by atoms with Gasteiger partial charge in [0.2, 0.25) is 0 Å². The van der Waals surface area contributed by atoms with Crippen LogP contribution in [0.3, 0.4) is 0 Å². The summed E-state index contributed by atoms with van der Waals surface area (Å²) in [6.45, 7) is 4.26. The Morgan fingerprint density at radius 3 is 2.32 bits per heavy atom. The molecule has 1 aromatic carbocycles. The Hall–Kier alpha value is -1.35. The van der Waals surface area contributed by atoms with Gasteiger partial charge in [-0.15, -0.1) is 0 Å². The number of rotatable bonds is 5. The lowest BCUT2D eigenvalue weighted by Crippen LogP contribution is -2.18. The Balaban J connectivity index is 0.000000745. The van der Waals surface area contributed by atoms with Gasteiger partial charge in [0.25, 0.3) is 6.47 Å². The van der Waals surface area contributed by atoms with Crippen LogP contribution in [0.25, 0.3) is 0 Å². The maximum absolute atomic E-state index is 8.36. The van der Waals surface area contributed by atoms with Gasteiger partial charge in [-0.05, 0) is 49.1 Å². The quantitative estimate of drug-likeness (QED) is 0.807. The van der Waals surface area contributed by atoms with Crippen molar-refractivity contribution in [1.29, 1.82) is 0 Å². The molecule has 3 nitrogen and oxygen atoms in total. The van der Waals surface area contributed by atoms with E-state index in [0.29, 0.717) is 0 Å². The molecular formula is C19H31NO2. The van der Waals surface area contributed by atoms with E-state index in [4.69, 9.17) is 15.6 Å². The Labute approximate surface area is 134 Å². The second-order valence-electron chi connectivity index (χ2n) is 6.66. The predicted octanol–water partition coefficient (Wildman–Crippen LogP) is 4.04. The van der Waals surface area contributed by atoms with Gasteiger partial charge in [-0.3, -0.25) is 4.79 Å². The van der Waals surface area contributed by atoms with Crippen LogP contribution >= 0.6 is 0 Å². The Kier molecular flexibility index (Phi) is 8.83. The molecule has 0 aliphatic heterocycles. The summed E-state index contributed by atoms with van der Waals surface area (Å²) in [4.78, 5) is 8.36. The van der Waals surface area contributed by atoms with Crippen molar-refractivity contribution in [3.8, 4) is 0 Å². The molecular weight excluding hydrogens is 274 g/mol. The fourth-order valence-electron chi connectivity index (χ4n) is 3.39. The SMILES string of the molecule is CC(N)Cc1ccc(CCC2CCCCC2C)cc1.O=CO. The van der Waals surface area contributed by atoms with Gasteiger partial charge in [-0.2, -0.15) is 0 Å². The van der Waals surface area contributed by atoms with Crippen LogP contribution in [-0.2, 0) is 17.6 Å². The smallest absolute Gasteiger partial charge is 0.290 e. The van der Waals surface area contributed by atoms with Crippen LogP contribution in [0.15, 0.2) is 24.3 Å². The monoisotopic (exact) mass is 305 g/mol. The fraction of sp³-hybridized carbons (Fsp3) is 0.632. The van der Waals surface area contributed by atoms with Crippen LogP contribution in [0.5, 0.6) is 0 Å². The van der Waals surface area contributed by atoms with E-state index in [1.807, 2.05) is 0 Å². The topological polar surface area (TPSA) is 63.3 Å². The number of hydrogen-bond donors (Lipinski definition) is 2. The molecule has 3 unspecified atom stereocenters. The summed E-state index contributed by atoms with van der Waals surface area (Å²) < 4.78 is 0. The Bertz CT molecular complexity index is 414. The van der Waals surface area contributed by atoms with Gasteiger partial charge in [-0.25, -0.2) is 0 Å². The molecule has 0 radical (unpaired) electrons. The minimum absolute atomic E-state index is 0.250. The van der Waals surface area contributed by atoms with Gasteiger partial charge in [0.05, 0.1) is 0 Å². The van der Waals surface area contributed by atoms with Crippen LogP contribution < -0.4 is 5.73 Å². The molecule has 0 heterocycles. The highest BCUT2D eigenvalue weighted by Gasteiger charge is 2.20. The highest BCUT2D eigenvalue weighted by molar-refractivity contribution is 5.32. The van der Waals surface area contributed by atoms with E-state index in [1.54, 1.807) is 0 Å². The lowest BCUT2D eigenvalue weighted by molar-refractivity contribution is -0.122. The number of carboxylic acid groups (broad SMARTS) is 1. The van der Waals surface area contributed by atoms with Gasteiger partial charge < -0.3 is 10.8 Å². The Morgan fingerprint density at radius 2 is 1.77 bits per heavy atom. The number of nitrogens with two attached hydrogens (primary N) is 1. The average Bonchev–Trinajstić information content (AvgIpc) is 2.48. The third-order valence-corrected chi connectivity index (χ3v) is 4.67. The van der Waals surface area contributed by atoms with Gasteiger partial charge in [-0.1, -0.05) is 56.9 Å². The first kappa shape index (κ1) is 18.7. The van der Waals surface area contributed by atoms with Crippen LogP contribution in [0.2, 0.25) is 0 Å². The normalized spacial score (nSPS) is 22.3. The molecule has 0 amide bonds. The third-order valence-electron chi connectivity index (χ3n) is 4.67. The second-order valence-corrected chi connectivity index (χ2v) is 6.66. The maximum atomic E-state index is 8.36. The lowest BCUT2D eigenvalue weighted by Gasteiger charge is -2.28. The largest absolute Gasteiger partial charge is 0.483 e. The molecule has 124 valence electrons. The van der Waals surface area contributed by atoms with Crippen molar-refractivity contribution in [2.45, 2.75) is 64.8 Å². The van der Waals surface area contributed by atoms with E-state index in [9.17, 15) is 0 Å². The zero-order chi connectivity index (χ0) is 16.4. The van der Waals surface area contributed by atoms with Crippen LogP contribution in [0.4, 0.5) is 0 Å².